The van der Waals surface area contributed by atoms with Gasteiger partial charge in [-0.3, -0.25) is 14.7 Å². The number of H-pyrrole nitrogens is 1. The maximum Gasteiger partial charge on any atom is 0.282 e. The van der Waals surface area contributed by atoms with Crippen molar-refractivity contribution in [3.8, 4) is 5.69 Å². The van der Waals surface area contributed by atoms with E-state index in [1.165, 1.54) is 15.6 Å². The van der Waals surface area contributed by atoms with E-state index < -0.39 is 5.41 Å². The number of aryl methyl sites for hydroxylation is 1. The highest BCUT2D eigenvalue weighted by Gasteiger charge is 2.23. The minimum Gasteiger partial charge on any atom is -0.295 e. The lowest BCUT2D eigenvalue weighted by atomic mass is 9.95. The van der Waals surface area contributed by atoms with Gasteiger partial charge in [0.25, 0.3) is 11.1 Å². The molecule has 0 aliphatic rings. The molecule has 0 unspecified atom stereocenters. The van der Waals surface area contributed by atoms with E-state index in [-0.39, 0.29) is 11.1 Å². The van der Waals surface area contributed by atoms with E-state index in [4.69, 9.17) is 0 Å². The number of hydrogen-bond donors (Lipinski definition) is 1. The number of para-hydroxylation sites is 2. The van der Waals surface area contributed by atoms with Crippen LogP contribution in [0.4, 0.5) is 0 Å². The molecule has 0 saturated carbocycles. The van der Waals surface area contributed by atoms with Crippen LogP contribution in [0.2, 0.25) is 0 Å². The van der Waals surface area contributed by atoms with Crippen molar-refractivity contribution in [2.24, 2.45) is 5.10 Å². The third kappa shape index (κ3) is 3.39. The summed E-state index contributed by atoms with van der Waals surface area (Å²) >= 11 is 0. The molecule has 0 aliphatic carbocycles. The van der Waals surface area contributed by atoms with Crippen molar-refractivity contribution in [1.82, 2.24) is 19.4 Å². The summed E-state index contributed by atoms with van der Waals surface area (Å²) in [5.41, 5.74) is 1.48. The fourth-order valence-corrected chi connectivity index (χ4v) is 3.30. The molecular formula is C23H23N5O2. The zero-order valence-corrected chi connectivity index (χ0v) is 17.4. The number of nitrogens with one attached hydrogen (secondary N) is 1. The number of rotatable bonds is 3. The van der Waals surface area contributed by atoms with Gasteiger partial charge in [0, 0.05) is 11.1 Å². The highest BCUT2D eigenvalue weighted by atomic mass is 16.1. The van der Waals surface area contributed by atoms with Gasteiger partial charge in [0.2, 0.25) is 0 Å². The van der Waals surface area contributed by atoms with Gasteiger partial charge in [-0.15, -0.1) is 0 Å². The van der Waals surface area contributed by atoms with Crippen molar-refractivity contribution >= 4 is 17.1 Å². The predicted molar refractivity (Wildman–Crippen MR) is 119 cm³/mol. The number of hydrogen-bond acceptors (Lipinski definition) is 4. The molecule has 7 nitrogen and oxygen atoms in total. The molecule has 0 fully saturated rings. The zero-order chi connectivity index (χ0) is 21.5. The van der Waals surface area contributed by atoms with Gasteiger partial charge in [-0.05, 0) is 31.2 Å². The molecule has 0 atom stereocenters. The topological polar surface area (TPSA) is 85.0 Å². The number of aromatic amines is 1. The number of aromatic nitrogens is 4. The van der Waals surface area contributed by atoms with Crippen LogP contribution in [0, 0.1) is 6.92 Å². The summed E-state index contributed by atoms with van der Waals surface area (Å²) < 4.78 is 2.75. The Morgan fingerprint density at radius 1 is 0.967 bits per heavy atom. The molecule has 0 spiro atoms. The highest BCUT2D eigenvalue weighted by molar-refractivity contribution is 5.81. The van der Waals surface area contributed by atoms with Gasteiger partial charge in [-0.25, -0.2) is 9.67 Å². The lowest BCUT2D eigenvalue weighted by molar-refractivity contribution is 0.506. The lowest BCUT2D eigenvalue weighted by Gasteiger charge is -2.20. The monoisotopic (exact) mass is 401 g/mol. The molecule has 0 bridgehead atoms. The Kier molecular flexibility index (Phi) is 4.73. The van der Waals surface area contributed by atoms with Crippen LogP contribution in [0.5, 0.6) is 0 Å². The quantitative estimate of drug-likeness (QED) is 0.534. The van der Waals surface area contributed by atoms with Gasteiger partial charge in [0.15, 0.2) is 0 Å². The summed E-state index contributed by atoms with van der Waals surface area (Å²) in [5, 5.41) is 7.95. The third-order valence-corrected chi connectivity index (χ3v) is 4.86. The molecule has 2 aromatic heterocycles. The number of benzene rings is 2. The van der Waals surface area contributed by atoms with Crippen LogP contribution in [-0.4, -0.2) is 25.7 Å². The van der Waals surface area contributed by atoms with Gasteiger partial charge < -0.3 is 0 Å². The van der Waals surface area contributed by atoms with E-state index >= 15 is 0 Å². The molecule has 7 heteroatoms. The summed E-state index contributed by atoms with van der Waals surface area (Å²) in [7, 11) is 0. The molecule has 1 N–H and O–H groups in total. The molecule has 0 amide bonds. The second-order valence-corrected chi connectivity index (χ2v) is 8.19. The first-order valence-electron chi connectivity index (χ1n) is 9.71. The molecule has 2 aromatic carbocycles. The number of nitrogens with zero attached hydrogens (tertiary/aromatic N) is 4. The first-order valence-corrected chi connectivity index (χ1v) is 9.71. The summed E-state index contributed by atoms with van der Waals surface area (Å²) in [5.74, 6) is 0.527. The summed E-state index contributed by atoms with van der Waals surface area (Å²) in [6.45, 7) is 7.72. The maximum atomic E-state index is 13.1. The Labute approximate surface area is 173 Å². The lowest BCUT2D eigenvalue weighted by Crippen LogP contribution is -2.29. The molecule has 2 heterocycles. The Bertz CT molecular complexity index is 1370. The van der Waals surface area contributed by atoms with Crippen LogP contribution in [0.25, 0.3) is 16.6 Å². The average molecular weight is 401 g/mol. The first-order chi connectivity index (χ1) is 14.3. The van der Waals surface area contributed by atoms with E-state index in [2.05, 4.69) is 15.2 Å². The predicted octanol–water partition coefficient (Wildman–Crippen LogP) is 3.36. The standard InChI is InChI=1S/C23H23N5O2/c1-15-18(21(30)27(26-15)16-10-6-5-7-11-16)14-24-28-20(29)17-12-8-9-13-19(17)25-22(28)23(2,3)4/h5-14,26H,1-4H3/b24-14+. The molecule has 0 saturated heterocycles. The smallest absolute Gasteiger partial charge is 0.282 e. The molecule has 4 rings (SSSR count). The minimum atomic E-state index is -0.419. The van der Waals surface area contributed by atoms with E-state index in [9.17, 15) is 9.59 Å². The zero-order valence-electron chi connectivity index (χ0n) is 17.4. The maximum absolute atomic E-state index is 13.1. The Morgan fingerprint density at radius 2 is 1.63 bits per heavy atom. The van der Waals surface area contributed by atoms with E-state index in [1.807, 2.05) is 63.2 Å². The number of fused-ring (bicyclic) bond motifs is 1. The van der Waals surface area contributed by atoms with Gasteiger partial charge in [-0.1, -0.05) is 51.1 Å². The first kappa shape index (κ1) is 19.6. The van der Waals surface area contributed by atoms with Crippen LogP contribution in [0.3, 0.4) is 0 Å². The fourth-order valence-electron chi connectivity index (χ4n) is 3.30. The van der Waals surface area contributed by atoms with Crippen molar-refractivity contribution in [2.45, 2.75) is 33.1 Å². The Hall–Kier alpha value is -3.74. The van der Waals surface area contributed by atoms with Gasteiger partial charge in [0.1, 0.15) is 5.82 Å². The Balaban J connectivity index is 1.88. The molecule has 0 radical (unpaired) electrons. The molecular weight excluding hydrogens is 378 g/mol. The molecule has 152 valence electrons. The van der Waals surface area contributed by atoms with Gasteiger partial charge in [-0.2, -0.15) is 9.78 Å². The fraction of sp³-hybridized carbons (Fsp3) is 0.217. The van der Waals surface area contributed by atoms with Crippen LogP contribution in [0.1, 0.15) is 37.9 Å². The van der Waals surface area contributed by atoms with E-state index in [1.54, 1.807) is 19.1 Å². The molecule has 0 aliphatic heterocycles. The normalized spacial score (nSPS) is 12.1. The molecule has 4 aromatic rings. The summed E-state index contributed by atoms with van der Waals surface area (Å²) in [4.78, 5) is 30.7. The second-order valence-electron chi connectivity index (χ2n) is 8.19. The Morgan fingerprint density at radius 3 is 2.33 bits per heavy atom. The van der Waals surface area contributed by atoms with Crippen molar-refractivity contribution in [2.75, 3.05) is 0 Å². The van der Waals surface area contributed by atoms with Crippen LogP contribution in [-0.2, 0) is 5.41 Å². The van der Waals surface area contributed by atoms with Crippen molar-refractivity contribution in [1.29, 1.82) is 0 Å². The summed E-state index contributed by atoms with van der Waals surface area (Å²) in [6, 6.07) is 16.5. The van der Waals surface area contributed by atoms with Crippen LogP contribution >= 0.6 is 0 Å². The van der Waals surface area contributed by atoms with Crippen molar-refractivity contribution < 1.29 is 0 Å². The average Bonchev–Trinajstić information content (AvgIpc) is 3.01. The highest BCUT2D eigenvalue weighted by Crippen LogP contribution is 2.21. The van der Waals surface area contributed by atoms with Gasteiger partial charge in [0.05, 0.1) is 28.4 Å². The van der Waals surface area contributed by atoms with Gasteiger partial charge >= 0.3 is 0 Å². The third-order valence-electron chi connectivity index (χ3n) is 4.86. The van der Waals surface area contributed by atoms with Crippen molar-refractivity contribution in [3.63, 3.8) is 0 Å². The largest absolute Gasteiger partial charge is 0.295 e. The summed E-state index contributed by atoms with van der Waals surface area (Å²) in [6.07, 6.45) is 1.43. The van der Waals surface area contributed by atoms with Crippen LogP contribution in [0.15, 0.2) is 69.3 Å². The van der Waals surface area contributed by atoms with E-state index in [0.717, 1.165) is 5.69 Å². The molecule has 30 heavy (non-hydrogen) atoms. The SMILES string of the molecule is Cc1[nH]n(-c2ccccc2)c(=O)c1/C=N/n1c(C(C)(C)C)nc2ccccc2c1=O. The van der Waals surface area contributed by atoms with Crippen molar-refractivity contribution in [3.05, 3.63) is 92.4 Å². The minimum absolute atomic E-state index is 0.235. The second kappa shape index (κ2) is 7.26. The van der Waals surface area contributed by atoms with Crippen LogP contribution < -0.4 is 11.1 Å². The van der Waals surface area contributed by atoms with E-state index in [0.29, 0.717) is 28.0 Å².